The molecule has 1 fully saturated rings. The molecule has 0 bridgehead atoms. The molecule has 3 nitrogen and oxygen atoms in total. The lowest BCUT2D eigenvalue weighted by Crippen LogP contribution is -2.25. The van der Waals surface area contributed by atoms with Crippen LogP contribution in [0.2, 0.25) is 0 Å². The Morgan fingerprint density at radius 1 is 1.12 bits per heavy atom. The van der Waals surface area contributed by atoms with Crippen molar-refractivity contribution >= 4 is 27.7 Å². The summed E-state index contributed by atoms with van der Waals surface area (Å²) < 4.78 is 12.7. The van der Waals surface area contributed by atoms with Crippen LogP contribution in [0.1, 0.15) is 28.8 Å². The maximum atomic E-state index is 11.1. The Kier molecular flexibility index (Phi) is 4.55. The molecule has 2 heterocycles. The van der Waals surface area contributed by atoms with Crippen molar-refractivity contribution in [3.63, 3.8) is 0 Å². The van der Waals surface area contributed by atoms with Gasteiger partial charge in [-0.15, -0.1) is 11.3 Å². The number of fused-ring (bicyclic) bond motifs is 1. The zero-order valence-corrected chi connectivity index (χ0v) is 15.0. The molecule has 4 heteroatoms. The third-order valence-electron chi connectivity index (χ3n) is 4.69. The first-order valence-electron chi connectivity index (χ1n) is 8.56. The number of hydrogen-bond donors (Lipinski definition) is 0. The van der Waals surface area contributed by atoms with Gasteiger partial charge >= 0.3 is 0 Å². The fraction of sp³-hybridized carbons (Fsp3) is 0.286. The monoisotopic (exact) mass is 352 g/mol. The van der Waals surface area contributed by atoms with Crippen molar-refractivity contribution in [1.82, 2.24) is 0 Å². The van der Waals surface area contributed by atoms with E-state index < -0.39 is 0 Å². The van der Waals surface area contributed by atoms with Crippen LogP contribution in [0.3, 0.4) is 0 Å². The van der Waals surface area contributed by atoms with Crippen molar-refractivity contribution in [2.24, 2.45) is 0 Å². The molecule has 25 heavy (non-hydrogen) atoms. The van der Waals surface area contributed by atoms with Crippen molar-refractivity contribution in [1.29, 1.82) is 0 Å². The minimum absolute atomic E-state index is 0.246. The molecule has 128 valence electrons. The predicted octanol–water partition coefficient (Wildman–Crippen LogP) is 5.25. The van der Waals surface area contributed by atoms with Crippen LogP contribution in [-0.2, 0) is 4.74 Å². The van der Waals surface area contributed by atoms with Gasteiger partial charge in [-0.25, -0.2) is 0 Å². The molecule has 0 saturated carbocycles. The molecular weight excluding hydrogens is 332 g/mol. The van der Waals surface area contributed by atoms with Gasteiger partial charge in [0.25, 0.3) is 0 Å². The van der Waals surface area contributed by atoms with Gasteiger partial charge in [-0.05, 0) is 47.7 Å². The topological polar surface area (TPSA) is 35.5 Å². The Labute approximate surface area is 151 Å². The molecular formula is C21H20O3S. The lowest BCUT2D eigenvalue weighted by atomic mass is 9.99. The first-order chi connectivity index (χ1) is 12.2. The van der Waals surface area contributed by atoms with Crippen molar-refractivity contribution in [2.75, 3.05) is 13.2 Å². The second-order valence-corrected chi connectivity index (χ2v) is 7.34. The summed E-state index contributed by atoms with van der Waals surface area (Å²) in [6.07, 6.45) is 3.05. The molecule has 3 aromatic rings. The van der Waals surface area contributed by atoms with Crippen LogP contribution in [0.15, 0.2) is 41.8 Å². The molecule has 0 spiro atoms. The number of carbonyl (C=O) groups is 1. The van der Waals surface area contributed by atoms with E-state index in [0.29, 0.717) is 5.56 Å². The Hall–Kier alpha value is -2.17. The SMILES string of the molecule is Cc1cc(OC2CCOCC2)ccc1-c1csc2ccc(C=O)cc12. The first-order valence-corrected chi connectivity index (χ1v) is 9.44. The lowest BCUT2D eigenvalue weighted by molar-refractivity contribution is 0.0255. The standard InChI is InChI=1S/C21H20O3S/c1-14-10-17(24-16-6-8-23-9-7-16)3-4-18(14)20-13-25-21-5-2-15(12-22)11-19(20)21/h2-5,10-13,16H,6-9H2,1H3. The highest BCUT2D eigenvalue weighted by Crippen LogP contribution is 2.37. The molecule has 2 aromatic carbocycles. The first kappa shape index (κ1) is 16.3. The molecule has 1 aromatic heterocycles. The summed E-state index contributed by atoms with van der Waals surface area (Å²) in [7, 11) is 0. The molecule has 0 unspecified atom stereocenters. The number of hydrogen-bond acceptors (Lipinski definition) is 4. The molecule has 1 saturated heterocycles. The third kappa shape index (κ3) is 3.32. The zero-order chi connectivity index (χ0) is 17.2. The van der Waals surface area contributed by atoms with Crippen LogP contribution in [0.4, 0.5) is 0 Å². The number of aldehydes is 1. The summed E-state index contributed by atoms with van der Waals surface area (Å²) in [5.41, 5.74) is 4.26. The van der Waals surface area contributed by atoms with Gasteiger partial charge in [-0.2, -0.15) is 0 Å². The van der Waals surface area contributed by atoms with Gasteiger partial charge in [0.05, 0.1) is 13.2 Å². The maximum absolute atomic E-state index is 11.1. The van der Waals surface area contributed by atoms with E-state index in [4.69, 9.17) is 9.47 Å². The normalized spacial score (nSPS) is 15.4. The minimum Gasteiger partial charge on any atom is -0.490 e. The van der Waals surface area contributed by atoms with E-state index >= 15 is 0 Å². The van der Waals surface area contributed by atoms with Gasteiger partial charge in [0.1, 0.15) is 18.1 Å². The highest BCUT2D eigenvalue weighted by molar-refractivity contribution is 7.17. The minimum atomic E-state index is 0.246. The number of ether oxygens (including phenoxy) is 2. The number of carbonyl (C=O) groups excluding carboxylic acids is 1. The van der Waals surface area contributed by atoms with Crippen LogP contribution in [-0.4, -0.2) is 25.6 Å². The summed E-state index contributed by atoms with van der Waals surface area (Å²) in [4.78, 5) is 11.1. The fourth-order valence-corrected chi connectivity index (χ4v) is 4.27. The molecule has 0 N–H and O–H groups in total. The van der Waals surface area contributed by atoms with Crippen molar-refractivity contribution in [2.45, 2.75) is 25.9 Å². The summed E-state index contributed by atoms with van der Waals surface area (Å²) in [6.45, 7) is 3.67. The fourth-order valence-electron chi connectivity index (χ4n) is 3.33. The molecule has 0 aliphatic carbocycles. The van der Waals surface area contributed by atoms with Gasteiger partial charge in [-0.1, -0.05) is 12.1 Å². The van der Waals surface area contributed by atoms with Crippen LogP contribution in [0.25, 0.3) is 21.2 Å². The number of aryl methyl sites for hydroxylation is 1. The molecule has 1 aliphatic heterocycles. The van der Waals surface area contributed by atoms with E-state index in [9.17, 15) is 4.79 Å². The maximum Gasteiger partial charge on any atom is 0.150 e. The Balaban J connectivity index is 1.65. The van der Waals surface area contributed by atoms with Crippen LogP contribution in [0.5, 0.6) is 5.75 Å². The second-order valence-electron chi connectivity index (χ2n) is 6.43. The smallest absolute Gasteiger partial charge is 0.150 e. The van der Waals surface area contributed by atoms with Crippen LogP contribution in [0, 0.1) is 6.92 Å². The van der Waals surface area contributed by atoms with Gasteiger partial charge < -0.3 is 9.47 Å². The van der Waals surface area contributed by atoms with Crippen LogP contribution < -0.4 is 4.74 Å². The van der Waals surface area contributed by atoms with E-state index in [1.165, 1.54) is 21.4 Å². The number of rotatable bonds is 4. The number of thiophene rings is 1. The second kappa shape index (κ2) is 6.98. The van der Waals surface area contributed by atoms with Gasteiger partial charge in [-0.3, -0.25) is 4.79 Å². The van der Waals surface area contributed by atoms with E-state index in [1.54, 1.807) is 11.3 Å². The number of benzene rings is 2. The average Bonchev–Trinajstić information content (AvgIpc) is 3.05. The van der Waals surface area contributed by atoms with E-state index in [1.807, 2.05) is 24.3 Å². The summed E-state index contributed by atoms with van der Waals surface area (Å²) >= 11 is 1.71. The lowest BCUT2D eigenvalue weighted by Gasteiger charge is -2.23. The zero-order valence-electron chi connectivity index (χ0n) is 14.2. The molecule has 4 rings (SSSR count). The van der Waals surface area contributed by atoms with Crippen LogP contribution >= 0.6 is 11.3 Å². The van der Waals surface area contributed by atoms with E-state index in [-0.39, 0.29) is 6.10 Å². The van der Waals surface area contributed by atoms with Crippen molar-refractivity contribution < 1.29 is 14.3 Å². The van der Waals surface area contributed by atoms with Gasteiger partial charge in [0.2, 0.25) is 0 Å². The molecule has 0 amide bonds. The Morgan fingerprint density at radius 3 is 2.72 bits per heavy atom. The Morgan fingerprint density at radius 2 is 1.96 bits per heavy atom. The third-order valence-corrected chi connectivity index (χ3v) is 5.66. The molecule has 0 atom stereocenters. The largest absolute Gasteiger partial charge is 0.490 e. The highest BCUT2D eigenvalue weighted by atomic mass is 32.1. The highest BCUT2D eigenvalue weighted by Gasteiger charge is 2.16. The van der Waals surface area contributed by atoms with Crippen molar-refractivity contribution in [3.8, 4) is 16.9 Å². The molecule has 0 radical (unpaired) electrons. The summed E-state index contributed by atoms with van der Waals surface area (Å²) in [6, 6.07) is 12.1. The summed E-state index contributed by atoms with van der Waals surface area (Å²) in [5, 5.41) is 3.30. The van der Waals surface area contributed by atoms with Crippen molar-refractivity contribution in [3.05, 3.63) is 52.9 Å². The predicted molar refractivity (Wildman–Crippen MR) is 102 cm³/mol. The Bertz CT molecular complexity index is 907. The van der Waals surface area contributed by atoms with Gasteiger partial charge in [0.15, 0.2) is 0 Å². The van der Waals surface area contributed by atoms with E-state index in [2.05, 4.69) is 24.4 Å². The van der Waals surface area contributed by atoms with Gasteiger partial charge in [0, 0.05) is 34.1 Å². The molecule has 1 aliphatic rings. The summed E-state index contributed by atoms with van der Waals surface area (Å²) in [5.74, 6) is 0.918. The quantitative estimate of drug-likeness (QED) is 0.602. The van der Waals surface area contributed by atoms with E-state index in [0.717, 1.165) is 43.5 Å². The average molecular weight is 352 g/mol.